The van der Waals surface area contributed by atoms with Crippen LogP contribution in [0.5, 0.6) is 0 Å². The van der Waals surface area contributed by atoms with Gasteiger partial charge in [0.25, 0.3) is 0 Å². The van der Waals surface area contributed by atoms with Crippen LogP contribution in [0.15, 0.2) is 60.8 Å². The molecule has 1 aromatic heterocycles. The van der Waals surface area contributed by atoms with Crippen molar-refractivity contribution in [2.45, 2.75) is 37.9 Å². The van der Waals surface area contributed by atoms with E-state index in [1.165, 1.54) is 23.2 Å². The molecule has 0 saturated heterocycles. The minimum atomic E-state index is -4.50. The molecular weight excluding hydrogens is 511 g/mol. The van der Waals surface area contributed by atoms with E-state index >= 15 is 0 Å². The van der Waals surface area contributed by atoms with E-state index in [0.29, 0.717) is 30.8 Å². The van der Waals surface area contributed by atoms with E-state index in [-0.39, 0.29) is 31.7 Å². The van der Waals surface area contributed by atoms with Crippen molar-refractivity contribution in [2.24, 2.45) is 5.73 Å². The number of rotatable bonds is 12. The molecule has 3 aromatic rings. The Morgan fingerprint density at radius 1 is 1.03 bits per heavy atom. The Morgan fingerprint density at radius 3 is 2.41 bits per heavy atom. The summed E-state index contributed by atoms with van der Waals surface area (Å²) in [5.74, 6) is -1.38. The molecule has 0 fully saturated rings. The second-order valence-corrected chi connectivity index (χ2v) is 8.95. The third kappa shape index (κ3) is 8.71. The molecule has 4 N–H and O–H groups in total. The predicted octanol–water partition coefficient (Wildman–Crippen LogP) is 3.71. The molecule has 0 aliphatic heterocycles. The van der Waals surface area contributed by atoms with Gasteiger partial charge in [0.2, 0.25) is 17.7 Å². The Kier molecular flexibility index (Phi) is 10.3. The van der Waals surface area contributed by atoms with Crippen molar-refractivity contribution in [1.29, 1.82) is 0 Å². The monoisotopic (exact) mass is 542 g/mol. The van der Waals surface area contributed by atoms with Crippen LogP contribution in [0.1, 0.15) is 30.4 Å². The molecule has 2 aromatic carbocycles. The first-order valence-electron chi connectivity index (χ1n) is 12.5. The van der Waals surface area contributed by atoms with Crippen LogP contribution < -0.4 is 16.4 Å². The molecule has 1 unspecified atom stereocenters. The number of amides is 3. The molecular formula is C28H31F3N5O3+. The lowest BCUT2D eigenvalue weighted by Crippen LogP contribution is -2.45. The highest BCUT2D eigenvalue weighted by Gasteiger charge is 2.30. The quantitative estimate of drug-likeness (QED) is 0.302. The molecule has 0 bridgehead atoms. The van der Waals surface area contributed by atoms with Crippen LogP contribution in [0.4, 0.5) is 18.9 Å². The van der Waals surface area contributed by atoms with Gasteiger partial charge in [-0.3, -0.25) is 19.4 Å². The minimum Gasteiger partial charge on any atom is -0.344 e. The third-order valence-electron chi connectivity index (χ3n) is 5.98. The molecule has 0 saturated carbocycles. The molecule has 206 valence electrons. The zero-order valence-electron chi connectivity index (χ0n) is 21.3. The van der Waals surface area contributed by atoms with E-state index in [9.17, 15) is 27.6 Å². The molecule has 8 nitrogen and oxygen atoms in total. The second kappa shape index (κ2) is 13.6. The molecule has 0 spiro atoms. The van der Waals surface area contributed by atoms with Gasteiger partial charge in [-0.25, -0.2) is 0 Å². The number of fused-ring (bicyclic) bond motifs is 1. The molecule has 39 heavy (non-hydrogen) atoms. The number of nitrogens with one attached hydrogen (secondary N) is 2. The van der Waals surface area contributed by atoms with Crippen molar-refractivity contribution in [3.63, 3.8) is 0 Å². The molecule has 1 atom stereocenters. The number of benzene rings is 2. The predicted molar refractivity (Wildman–Crippen MR) is 142 cm³/mol. The number of carbonyl (C=O) groups is 3. The lowest BCUT2D eigenvalue weighted by atomic mass is 10.0. The van der Waals surface area contributed by atoms with Gasteiger partial charge in [0.1, 0.15) is 12.5 Å². The fourth-order valence-electron chi connectivity index (χ4n) is 4.00. The maximum Gasteiger partial charge on any atom is 0.416 e. The Hall–Kier alpha value is -4.12. The number of para-hydroxylation sites is 1. The van der Waals surface area contributed by atoms with Gasteiger partial charge in [0.05, 0.1) is 36.4 Å². The number of anilines is 1. The zero-order valence-corrected chi connectivity index (χ0v) is 21.3. The average Bonchev–Trinajstić information content (AvgIpc) is 2.91. The Morgan fingerprint density at radius 2 is 1.74 bits per heavy atom. The van der Waals surface area contributed by atoms with Gasteiger partial charge in [-0.1, -0.05) is 30.3 Å². The summed E-state index contributed by atoms with van der Waals surface area (Å²) in [6.45, 7) is 4.76. The first kappa shape index (κ1) is 29.4. The Bertz CT molecular complexity index is 1280. The fourth-order valence-corrected chi connectivity index (χ4v) is 4.00. The van der Waals surface area contributed by atoms with Gasteiger partial charge in [-0.2, -0.15) is 13.2 Å². The van der Waals surface area contributed by atoms with Gasteiger partial charge in [0, 0.05) is 37.7 Å². The number of aromatic nitrogens is 1. The van der Waals surface area contributed by atoms with Crippen LogP contribution in [-0.2, 0) is 27.0 Å². The van der Waals surface area contributed by atoms with Crippen molar-refractivity contribution < 1.29 is 27.6 Å². The number of nitrogens with two attached hydrogens (primary N) is 1. The topological polar surface area (TPSA) is 117 Å². The zero-order chi connectivity index (χ0) is 28.4. The van der Waals surface area contributed by atoms with E-state index in [2.05, 4.69) is 22.5 Å². The highest BCUT2D eigenvalue weighted by molar-refractivity contribution is 5.98. The van der Waals surface area contributed by atoms with Gasteiger partial charge in [-0.05, 0) is 29.8 Å². The summed E-state index contributed by atoms with van der Waals surface area (Å²) in [5, 5.41) is 6.14. The standard InChI is InChI=1S/C28H30F3N5O3/c1-2-14-36(15-13-32)26(38)12-11-25(37)35-24(16-19-7-9-21(10-8-19)28(29,30)31)27(39)34-22-17-20-5-3-4-6-23(20)33-18-22/h3-10,17-18,24H,1-2,11-16,32H2,(H-,34,35,37,39)/p+1. The molecule has 3 amide bonds. The number of nitrogens with zero attached hydrogens (tertiary/aromatic N) is 2. The maximum atomic E-state index is 13.2. The van der Waals surface area contributed by atoms with Crippen molar-refractivity contribution in [3.05, 3.63) is 78.8 Å². The second-order valence-electron chi connectivity index (χ2n) is 8.95. The normalized spacial score (nSPS) is 12.1. The number of alkyl halides is 3. The van der Waals surface area contributed by atoms with Crippen LogP contribution >= 0.6 is 0 Å². The Balaban J connectivity index is 1.73. The summed E-state index contributed by atoms with van der Waals surface area (Å²) >= 11 is 0. The first-order chi connectivity index (χ1) is 18.6. The van der Waals surface area contributed by atoms with Crippen molar-refractivity contribution in [2.75, 3.05) is 25.0 Å². The van der Waals surface area contributed by atoms with Gasteiger partial charge in [-0.15, -0.1) is 0 Å². The molecule has 0 radical (unpaired) electrons. The van der Waals surface area contributed by atoms with E-state index in [1.54, 1.807) is 6.07 Å². The number of halogens is 3. The first-order valence-corrected chi connectivity index (χ1v) is 12.5. The number of hydrogen-bond acceptors (Lipinski definition) is 5. The summed E-state index contributed by atoms with van der Waals surface area (Å²) < 4.78 is 38.9. The molecule has 3 rings (SSSR count). The number of pyridine rings is 1. The van der Waals surface area contributed by atoms with E-state index < -0.39 is 29.6 Å². The van der Waals surface area contributed by atoms with Gasteiger partial charge in [0.15, 0.2) is 0 Å². The van der Waals surface area contributed by atoms with Gasteiger partial charge >= 0.3 is 6.18 Å². The van der Waals surface area contributed by atoms with Crippen LogP contribution in [0.3, 0.4) is 0 Å². The van der Waals surface area contributed by atoms with Crippen molar-refractivity contribution in [1.82, 2.24) is 15.2 Å². The summed E-state index contributed by atoms with van der Waals surface area (Å²) in [4.78, 5) is 44.3. The fraction of sp³-hybridized carbons (Fsp3) is 0.321. The lowest BCUT2D eigenvalue weighted by Gasteiger charge is -2.21. The highest BCUT2D eigenvalue weighted by atomic mass is 19.4. The molecule has 1 heterocycles. The third-order valence-corrected chi connectivity index (χ3v) is 5.98. The SMILES string of the molecule is [CH2+]CCN(CCN)C(=O)CCC(=O)NC(Cc1ccc(C(F)(F)F)cc1)C(=O)Nc1cnc2ccccc2c1. The van der Waals surface area contributed by atoms with Crippen LogP contribution in [0.25, 0.3) is 10.9 Å². The summed E-state index contributed by atoms with van der Waals surface area (Å²) in [6, 6.07) is 12.3. The van der Waals surface area contributed by atoms with Crippen molar-refractivity contribution in [3.8, 4) is 0 Å². The minimum absolute atomic E-state index is 0.0640. The highest BCUT2D eigenvalue weighted by Crippen LogP contribution is 2.29. The van der Waals surface area contributed by atoms with E-state index in [0.717, 1.165) is 23.0 Å². The van der Waals surface area contributed by atoms with Crippen molar-refractivity contribution >= 4 is 34.3 Å². The van der Waals surface area contributed by atoms with Crippen LogP contribution in [0, 0.1) is 6.92 Å². The molecule has 0 aliphatic rings. The van der Waals surface area contributed by atoms with Crippen LogP contribution in [0.2, 0.25) is 0 Å². The van der Waals surface area contributed by atoms with Gasteiger partial charge < -0.3 is 21.3 Å². The smallest absolute Gasteiger partial charge is 0.344 e. The average molecular weight is 543 g/mol. The number of carbonyl (C=O) groups excluding carboxylic acids is 3. The largest absolute Gasteiger partial charge is 0.416 e. The van der Waals surface area contributed by atoms with E-state index in [4.69, 9.17) is 5.73 Å². The lowest BCUT2D eigenvalue weighted by molar-refractivity contribution is -0.137. The van der Waals surface area contributed by atoms with E-state index in [1.807, 2.05) is 24.3 Å². The number of hydrogen-bond donors (Lipinski definition) is 3. The summed E-state index contributed by atoms with van der Waals surface area (Å²) in [6.07, 6.45) is -2.85. The Labute approximate surface area is 224 Å². The summed E-state index contributed by atoms with van der Waals surface area (Å²) in [7, 11) is 0. The summed E-state index contributed by atoms with van der Waals surface area (Å²) in [5.41, 5.74) is 6.28. The molecule has 0 aliphatic carbocycles. The van der Waals surface area contributed by atoms with Crippen LogP contribution in [-0.4, -0.2) is 53.3 Å². The maximum absolute atomic E-state index is 13.2. The molecule has 11 heteroatoms.